The van der Waals surface area contributed by atoms with E-state index in [1.165, 1.54) is 89.3 Å². The zero-order valence-corrected chi connectivity index (χ0v) is 57.6. The SMILES string of the molecule is C.CC(=O)OC(C)=O.CC(=O)Oc1ccc(/C=C/C(=O)Cl)cc1.CC(=O)Oc1ccc(/C=C/C(=O)O)cc1.CC(=O)Oc1ccc(/C=C/C=O)cc1.C[O-].O=C(O)/C=C/c1ccc(O)cc1.O=C(O)CC(=O)O.O=C/C=C/c1ccc(O)cc1.O=Cc1ccc(O)cc1.O=S(Cl)Cl.[Na+]. The second-order valence-electron chi connectivity index (χ2n) is 16.6. The molecule has 7 N–H and O–H groups in total. The Morgan fingerprint density at radius 3 is 0.806 bits per heavy atom. The Labute approximate surface area is 601 Å². The van der Waals surface area contributed by atoms with Gasteiger partial charge in [-0.15, -0.1) is 0 Å². The van der Waals surface area contributed by atoms with Gasteiger partial charge in [-0.2, -0.15) is 7.11 Å². The maximum Gasteiger partial charge on any atom is 1.00 e. The molecule has 0 spiro atoms. The average molecular weight is 1450 g/mol. The Kier molecular flexibility index (Phi) is 63.0. The van der Waals surface area contributed by atoms with Crippen LogP contribution in [-0.4, -0.2) is 125 Å². The molecule has 0 aromatic heterocycles. The summed E-state index contributed by atoms with van der Waals surface area (Å²) in [6, 6.07) is 39.1. The van der Waals surface area contributed by atoms with Crippen LogP contribution in [-0.2, 0) is 71.5 Å². The van der Waals surface area contributed by atoms with Crippen molar-refractivity contribution >= 4 is 150 Å². The molecule has 6 rings (SSSR count). The standard InChI is InChI=1S/C11H9ClO3.C11H10O4.C11H10O3.C9H8O3.C9H8O2.C7H6O2.C4H6O3.C3H4O4.CH3O.CH4.Cl2OS.Na/c1-8(13)15-10-5-2-9(3-6-10)4-7-11(12)14;1-8(12)15-10-5-2-9(3-6-10)4-7-11(13)14;1-9(13)14-11-6-4-10(5-7-11)3-2-8-12;10-8-4-1-7(2-5-8)3-6-9(11)12;10-7-1-2-8-3-5-9(11)6-4-8;8-5-6-1-3-7(9)4-2-6;1-3(5)7-4(2)6;4-2(5)1-3(6)7;1-2;;1-4(2)3;/h2-7H,1H3;2-7H,1H3,(H,13,14);2-8H,1H3;1-6,10H,(H,11,12);1-7,11H;1-5,9H;1-2H3;1H2,(H,4,5)(H,6,7);1H3;1H4;;/q;;;;;;;;-1;;;+1/b2*7-4+;3-2+;6-3+;2-1+;;;;;;;. The fraction of sp³-hybridized carbons (Fsp3) is 0.119. The summed E-state index contributed by atoms with van der Waals surface area (Å²) >= 11 is 5.13. The van der Waals surface area contributed by atoms with Gasteiger partial charge in [0, 0.05) is 73.7 Å². The van der Waals surface area contributed by atoms with Crippen molar-refractivity contribution in [1.82, 2.24) is 0 Å². The van der Waals surface area contributed by atoms with Crippen LogP contribution in [0.2, 0.25) is 0 Å². The Morgan fingerprint density at radius 2 is 0.633 bits per heavy atom. The number of carboxylic acid groups (broad SMARTS) is 4. The first-order valence-corrected chi connectivity index (χ1v) is 29.3. The number of phenolic OH excluding ortho intramolecular Hbond substituents is 3. The minimum absolute atomic E-state index is 0. The Balaban J connectivity index is -0.000000246. The van der Waals surface area contributed by atoms with Crippen LogP contribution in [0, 0.1) is 0 Å². The molecule has 0 bridgehead atoms. The summed E-state index contributed by atoms with van der Waals surface area (Å²) in [5, 5.41) is 66.3. The number of ether oxygens (including phenoxy) is 4. The number of aliphatic carboxylic acids is 4. The predicted octanol–water partition coefficient (Wildman–Crippen LogP) is 7.52. The third kappa shape index (κ3) is 68.4. The number of phenols is 3. The van der Waals surface area contributed by atoms with E-state index in [2.05, 4.69) is 26.1 Å². The Hall–Kier alpha value is -10.5. The monoisotopic (exact) mass is 1450 g/mol. The normalized spacial score (nSPS) is 9.34. The average Bonchev–Trinajstić information content (AvgIpc) is 1.04. The van der Waals surface area contributed by atoms with Crippen LogP contribution < -0.4 is 48.9 Å². The van der Waals surface area contributed by atoms with Crippen molar-refractivity contribution < 1.29 is 156 Å². The second-order valence-corrected chi connectivity index (χ2v) is 19.5. The molecular weight excluding hydrogens is 1380 g/mol. The van der Waals surface area contributed by atoms with Gasteiger partial charge in [-0.1, -0.05) is 86.3 Å². The van der Waals surface area contributed by atoms with Gasteiger partial charge < -0.3 is 59.8 Å². The largest absolute Gasteiger partial charge is 1.00 e. The Bertz CT molecular complexity index is 3420. The van der Waals surface area contributed by atoms with Gasteiger partial charge in [0.05, 0.1) is 0 Å². The van der Waals surface area contributed by atoms with Crippen LogP contribution in [0.5, 0.6) is 34.5 Å². The number of carboxylic acids is 4. The minimum atomic E-state index is -1.67. The number of hydrogen-bond acceptors (Lipinski definition) is 22. The third-order valence-electron chi connectivity index (χ3n) is 8.81. The molecular formula is C67H68Cl3NaO26S. The summed E-state index contributed by atoms with van der Waals surface area (Å²) in [4.78, 5) is 131. The van der Waals surface area contributed by atoms with Crippen LogP contribution in [0.15, 0.2) is 176 Å². The maximum atomic E-state index is 10.6. The van der Waals surface area contributed by atoms with Crippen molar-refractivity contribution in [2.45, 2.75) is 48.5 Å². The van der Waals surface area contributed by atoms with E-state index >= 15 is 0 Å². The number of rotatable bonds is 16. The van der Waals surface area contributed by atoms with Crippen molar-refractivity contribution in [1.29, 1.82) is 0 Å². The number of halogens is 3. The van der Waals surface area contributed by atoms with E-state index in [0.717, 1.165) is 53.4 Å². The number of aromatic hydroxyl groups is 3. The van der Waals surface area contributed by atoms with Gasteiger partial charge in [-0.05, 0) is 155 Å². The van der Waals surface area contributed by atoms with Gasteiger partial charge in [0.1, 0.15) is 59.8 Å². The molecule has 0 aliphatic heterocycles. The van der Waals surface area contributed by atoms with Gasteiger partial charge in [-0.3, -0.25) is 52.7 Å². The molecule has 0 aliphatic carbocycles. The van der Waals surface area contributed by atoms with Crippen molar-refractivity contribution in [2.75, 3.05) is 7.11 Å². The van der Waals surface area contributed by atoms with Crippen LogP contribution in [0.3, 0.4) is 0 Å². The van der Waals surface area contributed by atoms with E-state index in [0.29, 0.717) is 35.4 Å². The van der Waals surface area contributed by atoms with Gasteiger partial charge in [0.2, 0.25) is 14.5 Å². The van der Waals surface area contributed by atoms with Crippen LogP contribution >= 0.6 is 33.0 Å². The quantitative estimate of drug-likeness (QED) is 0.00936. The number of hydrogen-bond donors (Lipinski definition) is 7. The molecule has 0 radical (unpaired) electrons. The van der Waals surface area contributed by atoms with E-state index in [-0.39, 0.29) is 72.1 Å². The minimum Gasteiger partial charge on any atom is -0.857 e. The first kappa shape index (κ1) is 98.6. The molecule has 6 aromatic rings. The van der Waals surface area contributed by atoms with Crippen LogP contribution in [0.1, 0.15) is 86.6 Å². The van der Waals surface area contributed by atoms with Crippen molar-refractivity contribution in [2.24, 2.45) is 0 Å². The first-order valence-electron chi connectivity index (χ1n) is 26.1. The van der Waals surface area contributed by atoms with E-state index in [1.54, 1.807) is 140 Å². The summed E-state index contributed by atoms with van der Waals surface area (Å²) in [7, 11) is 8.11. The zero-order chi connectivity index (χ0) is 74.0. The van der Waals surface area contributed by atoms with Crippen LogP contribution in [0.25, 0.3) is 30.4 Å². The summed E-state index contributed by atoms with van der Waals surface area (Å²) in [5.74, 6) is -4.84. The number of aldehydes is 3. The molecule has 520 valence electrons. The molecule has 0 unspecified atom stereocenters. The molecule has 6 aromatic carbocycles. The first-order chi connectivity index (χ1) is 45.2. The molecule has 0 aliphatic rings. The summed E-state index contributed by atoms with van der Waals surface area (Å²) in [5.41, 5.74) is 4.64. The van der Waals surface area contributed by atoms with Crippen molar-refractivity contribution in [3.05, 3.63) is 209 Å². The molecule has 0 atom stereocenters. The second kappa shape index (κ2) is 62.6. The molecule has 98 heavy (non-hydrogen) atoms. The van der Waals surface area contributed by atoms with E-state index in [1.807, 2.05) is 0 Å². The number of benzene rings is 6. The van der Waals surface area contributed by atoms with Crippen molar-refractivity contribution in [3.8, 4) is 34.5 Å². The zero-order valence-electron chi connectivity index (χ0n) is 52.5. The van der Waals surface area contributed by atoms with E-state index < -0.39 is 56.7 Å². The summed E-state index contributed by atoms with van der Waals surface area (Å²) < 4.78 is 27.6. The topological polar surface area (TPSA) is 441 Å². The molecule has 0 saturated carbocycles. The molecule has 26 nitrogen and oxygen atoms in total. The number of carbonyl (C=O) groups excluding carboxylic acids is 9. The van der Waals surface area contributed by atoms with E-state index in [9.17, 15) is 62.3 Å². The number of allylic oxidation sites excluding steroid dienone is 3. The predicted molar refractivity (Wildman–Crippen MR) is 361 cm³/mol. The van der Waals surface area contributed by atoms with Gasteiger partial charge in [0.25, 0.3) is 0 Å². The fourth-order valence-electron chi connectivity index (χ4n) is 5.29. The van der Waals surface area contributed by atoms with Crippen LogP contribution in [0.4, 0.5) is 0 Å². The molecule has 0 fully saturated rings. The third-order valence-corrected chi connectivity index (χ3v) is 8.93. The molecule has 0 saturated heterocycles. The molecule has 0 amide bonds. The van der Waals surface area contributed by atoms with Crippen molar-refractivity contribution in [3.63, 3.8) is 0 Å². The van der Waals surface area contributed by atoms with Gasteiger partial charge >= 0.3 is 83.3 Å². The van der Waals surface area contributed by atoms with Gasteiger partial charge in [-0.25, -0.2) is 13.8 Å². The van der Waals surface area contributed by atoms with Gasteiger partial charge in [0.15, 0.2) is 0 Å². The Morgan fingerprint density at radius 1 is 0.408 bits per heavy atom. The molecule has 31 heteroatoms. The van der Waals surface area contributed by atoms with E-state index in [4.69, 9.17) is 70.9 Å². The molecule has 0 heterocycles. The summed E-state index contributed by atoms with van der Waals surface area (Å²) in [6.45, 7) is 6.36. The summed E-state index contributed by atoms with van der Waals surface area (Å²) in [6.07, 6.45) is 15.3. The number of esters is 5. The number of carbonyl (C=O) groups is 13. The smallest absolute Gasteiger partial charge is 0.857 e. The fourth-order valence-corrected chi connectivity index (χ4v) is 5.35. The maximum absolute atomic E-state index is 10.6.